The molecule has 2 aliphatic heterocycles. The molecule has 7 nitrogen and oxygen atoms in total. The Morgan fingerprint density at radius 2 is 2.08 bits per heavy atom. The zero-order valence-corrected chi connectivity index (χ0v) is 14.1. The fraction of sp³-hybridized carbons (Fsp3) is 0.444. The third-order valence-electron chi connectivity index (χ3n) is 5.41. The highest BCUT2D eigenvalue weighted by Gasteiger charge is 2.41. The molecule has 2 amide bonds. The van der Waals surface area contributed by atoms with E-state index in [1.165, 1.54) is 10.9 Å². The first-order valence-corrected chi connectivity index (χ1v) is 8.52. The van der Waals surface area contributed by atoms with Gasteiger partial charge in [0.2, 0.25) is 11.8 Å². The van der Waals surface area contributed by atoms with Gasteiger partial charge in [-0.05, 0) is 18.6 Å². The van der Waals surface area contributed by atoms with Gasteiger partial charge in [-0.15, -0.1) is 0 Å². The first kappa shape index (κ1) is 15.8. The lowest BCUT2D eigenvalue weighted by Crippen LogP contribution is -2.48. The lowest BCUT2D eigenvalue weighted by molar-refractivity contribution is -0.134. The van der Waals surface area contributed by atoms with Gasteiger partial charge in [-0.25, -0.2) is 4.98 Å². The predicted molar refractivity (Wildman–Crippen MR) is 91.9 cm³/mol. The van der Waals surface area contributed by atoms with Gasteiger partial charge < -0.3 is 9.80 Å². The molecular formula is C18H20N4O3. The Bertz CT molecular complexity index is 907. The molecule has 0 saturated carbocycles. The maximum absolute atomic E-state index is 12.6. The van der Waals surface area contributed by atoms with Gasteiger partial charge in [0.1, 0.15) is 6.54 Å². The number of rotatable bonds is 2. The van der Waals surface area contributed by atoms with Gasteiger partial charge in [0.25, 0.3) is 5.56 Å². The normalized spacial score (nSPS) is 23.2. The van der Waals surface area contributed by atoms with E-state index in [-0.39, 0.29) is 35.9 Å². The van der Waals surface area contributed by atoms with Crippen LogP contribution in [0.3, 0.4) is 0 Å². The standard InChI is InChI=1S/C18H20N4O3/c1-20-15-6-7-21(9-12(15)8-16(20)23)17(24)10-22-11-19-14-5-3-2-4-13(14)18(22)25/h2-5,11-12,15H,6-10H2,1H3/t12-,15+/m1/s1. The average Bonchev–Trinajstić information content (AvgIpc) is 2.91. The molecule has 25 heavy (non-hydrogen) atoms. The quantitative estimate of drug-likeness (QED) is 0.797. The van der Waals surface area contributed by atoms with E-state index in [4.69, 9.17) is 0 Å². The van der Waals surface area contributed by atoms with E-state index in [1.54, 1.807) is 23.1 Å². The van der Waals surface area contributed by atoms with Crippen molar-refractivity contribution in [1.29, 1.82) is 0 Å². The molecule has 1 aromatic carbocycles. The molecule has 0 radical (unpaired) electrons. The van der Waals surface area contributed by atoms with E-state index in [9.17, 15) is 14.4 Å². The van der Waals surface area contributed by atoms with Crippen LogP contribution in [0.15, 0.2) is 35.4 Å². The van der Waals surface area contributed by atoms with Crippen LogP contribution in [0.5, 0.6) is 0 Å². The van der Waals surface area contributed by atoms with Gasteiger partial charge in [-0.1, -0.05) is 12.1 Å². The van der Waals surface area contributed by atoms with Crippen molar-refractivity contribution in [1.82, 2.24) is 19.4 Å². The summed E-state index contributed by atoms with van der Waals surface area (Å²) >= 11 is 0. The van der Waals surface area contributed by atoms with E-state index in [2.05, 4.69) is 4.98 Å². The SMILES string of the molecule is CN1C(=O)C[C@@H]2CN(C(=O)Cn3cnc4ccccc4c3=O)CC[C@@H]21. The van der Waals surface area contributed by atoms with Crippen LogP contribution >= 0.6 is 0 Å². The molecule has 2 aliphatic rings. The summed E-state index contributed by atoms with van der Waals surface area (Å²) in [6.45, 7) is 1.18. The summed E-state index contributed by atoms with van der Waals surface area (Å²) in [6, 6.07) is 7.35. The molecule has 3 heterocycles. The minimum atomic E-state index is -0.204. The fourth-order valence-electron chi connectivity index (χ4n) is 3.97. The monoisotopic (exact) mass is 340 g/mol. The van der Waals surface area contributed by atoms with Crippen molar-refractivity contribution in [3.8, 4) is 0 Å². The Morgan fingerprint density at radius 1 is 1.28 bits per heavy atom. The smallest absolute Gasteiger partial charge is 0.261 e. The lowest BCUT2D eigenvalue weighted by atomic mass is 9.93. The predicted octanol–water partition coefficient (Wildman–Crippen LogP) is 0.476. The number of hydrogen-bond donors (Lipinski definition) is 0. The highest BCUT2D eigenvalue weighted by atomic mass is 16.2. The van der Waals surface area contributed by atoms with Crippen LogP contribution < -0.4 is 5.56 Å². The zero-order valence-electron chi connectivity index (χ0n) is 14.1. The zero-order chi connectivity index (χ0) is 17.6. The molecule has 0 bridgehead atoms. The van der Waals surface area contributed by atoms with E-state index in [0.29, 0.717) is 30.4 Å². The maximum Gasteiger partial charge on any atom is 0.261 e. The molecule has 0 aliphatic carbocycles. The molecule has 1 aromatic heterocycles. The van der Waals surface area contributed by atoms with E-state index in [1.807, 2.05) is 18.0 Å². The van der Waals surface area contributed by atoms with Crippen LogP contribution in [0.2, 0.25) is 0 Å². The molecule has 0 unspecified atom stereocenters. The molecule has 2 atom stereocenters. The highest BCUT2D eigenvalue weighted by Crippen LogP contribution is 2.31. The van der Waals surface area contributed by atoms with Crippen molar-refractivity contribution < 1.29 is 9.59 Å². The first-order chi connectivity index (χ1) is 12.0. The van der Waals surface area contributed by atoms with Crippen molar-refractivity contribution in [2.75, 3.05) is 20.1 Å². The molecule has 2 saturated heterocycles. The first-order valence-electron chi connectivity index (χ1n) is 8.52. The summed E-state index contributed by atoms with van der Waals surface area (Å²) in [5, 5.41) is 0.513. The Hall–Kier alpha value is -2.70. The molecule has 0 N–H and O–H groups in total. The van der Waals surface area contributed by atoms with E-state index < -0.39 is 0 Å². The molecule has 7 heteroatoms. The van der Waals surface area contributed by atoms with Crippen molar-refractivity contribution in [2.24, 2.45) is 5.92 Å². The summed E-state index contributed by atoms with van der Waals surface area (Å²) in [7, 11) is 1.84. The van der Waals surface area contributed by atoms with Crippen LogP contribution in [0.4, 0.5) is 0 Å². The number of carbonyl (C=O) groups is 2. The van der Waals surface area contributed by atoms with Crippen LogP contribution in [-0.4, -0.2) is 57.3 Å². The van der Waals surface area contributed by atoms with Crippen molar-refractivity contribution in [3.63, 3.8) is 0 Å². The third-order valence-corrected chi connectivity index (χ3v) is 5.41. The fourth-order valence-corrected chi connectivity index (χ4v) is 3.97. The second kappa shape index (κ2) is 5.98. The van der Waals surface area contributed by atoms with E-state index in [0.717, 1.165) is 6.42 Å². The molecule has 4 rings (SSSR count). The van der Waals surface area contributed by atoms with Gasteiger partial charge in [0.05, 0.1) is 17.2 Å². The van der Waals surface area contributed by atoms with Crippen molar-refractivity contribution in [2.45, 2.75) is 25.4 Å². The van der Waals surface area contributed by atoms with Gasteiger partial charge in [-0.3, -0.25) is 19.0 Å². The molecule has 130 valence electrons. The number of carbonyl (C=O) groups excluding carboxylic acids is 2. The Balaban J connectivity index is 1.50. The summed E-state index contributed by atoms with van der Waals surface area (Å²) in [5.74, 6) is 0.250. The number of benzene rings is 1. The Morgan fingerprint density at radius 3 is 2.92 bits per heavy atom. The third kappa shape index (κ3) is 2.69. The second-order valence-corrected chi connectivity index (χ2v) is 6.86. The van der Waals surface area contributed by atoms with E-state index >= 15 is 0 Å². The summed E-state index contributed by atoms with van der Waals surface area (Å²) in [5.41, 5.74) is 0.425. The largest absolute Gasteiger partial charge is 0.342 e. The number of likely N-dealkylation sites (tertiary alicyclic amines) is 2. The summed E-state index contributed by atoms with van der Waals surface area (Å²) in [4.78, 5) is 44.8. The Kier molecular flexibility index (Phi) is 3.78. The molecule has 2 aromatic rings. The number of fused-ring (bicyclic) bond motifs is 2. The number of piperidine rings is 1. The van der Waals surface area contributed by atoms with Crippen molar-refractivity contribution in [3.05, 3.63) is 40.9 Å². The average molecular weight is 340 g/mol. The molecule has 2 fully saturated rings. The Labute approximate surface area is 144 Å². The van der Waals surface area contributed by atoms with Gasteiger partial charge in [0, 0.05) is 38.5 Å². The minimum Gasteiger partial charge on any atom is -0.342 e. The van der Waals surface area contributed by atoms with Gasteiger partial charge in [0.15, 0.2) is 0 Å². The highest BCUT2D eigenvalue weighted by molar-refractivity contribution is 5.81. The number of hydrogen-bond acceptors (Lipinski definition) is 4. The molecular weight excluding hydrogens is 320 g/mol. The summed E-state index contributed by atoms with van der Waals surface area (Å²) < 4.78 is 1.36. The summed E-state index contributed by atoms with van der Waals surface area (Å²) in [6.07, 6.45) is 2.73. The van der Waals surface area contributed by atoms with Crippen LogP contribution in [0, 0.1) is 5.92 Å². The number of aromatic nitrogens is 2. The van der Waals surface area contributed by atoms with Crippen molar-refractivity contribution >= 4 is 22.7 Å². The lowest BCUT2D eigenvalue weighted by Gasteiger charge is -2.36. The van der Waals surface area contributed by atoms with Gasteiger partial charge >= 0.3 is 0 Å². The topological polar surface area (TPSA) is 75.5 Å². The second-order valence-electron chi connectivity index (χ2n) is 6.86. The maximum atomic E-state index is 12.6. The minimum absolute atomic E-state index is 0.0160. The molecule has 0 spiro atoms. The number of nitrogens with zero attached hydrogens (tertiary/aromatic N) is 4. The number of para-hydroxylation sites is 1. The van der Waals surface area contributed by atoms with Crippen LogP contribution in [0.1, 0.15) is 12.8 Å². The van der Waals surface area contributed by atoms with Crippen LogP contribution in [0.25, 0.3) is 10.9 Å². The van der Waals surface area contributed by atoms with Crippen LogP contribution in [-0.2, 0) is 16.1 Å². The van der Waals surface area contributed by atoms with Gasteiger partial charge in [-0.2, -0.15) is 0 Å². The number of amides is 2.